The first-order chi connectivity index (χ1) is 14.1. The number of rotatable bonds is 4. The molecular formula is C22H26N2O4S. The van der Waals surface area contributed by atoms with Crippen LogP contribution in [0.1, 0.15) is 49.6 Å². The van der Waals surface area contributed by atoms with Crippen LogP contribution in [-0.2, 0) is 17.6 Å². The van der Waals surface area contributed by atoms with Crippen LogP contribution in [-0.4, -0.2) is 50.1 Å². The molecule has 1 aliphatic heterocycles. The Hall–Kier alpha value is -2.38. The van der Waals surface area contributed by atoms with E-state index in [4.69, 9.17) is 9.47 Å². The van der Waals surface area contributed by atoms with Crippen LogP contribution in [0.3, 0.4) is 0 Å². The van der Waals surface area contributed by atoms with Crippen LogP contribution in [0.5, 0.6) is 5.75 Å². The van der Waals surface area contributed by atoms with Gasteiger partial charge in [0.15, 0.2) is 0 Å². The smallest absolute Gasteiger partial charge is 0.257 e. The first-order valence-corrected chi connectivity index (χ1v) is 10.9. The zero-order valence-corrected chi connectivity index (χ0v) is 17.7. The van der Waals surface area contributed by atoms with E-state index in [-0.39, 0.29) is 11.8 Å². The van der Waals surface area contributed by atoms with Gasteiger partial charge in [-0.25, -0.2) is 0 Å². The molecule has 1 saturated heterocycles. The average Bonchev–Trinajstić information content (AvgIpc) is 3.11. The molecule has 29 heavy (non-hydrogen) atoms. The van der Waals surface area contributed by atoms with Gasteiger partial charge in [-0.05, 0) is 55.9 Å². The van der Waals surface area contributed by atoms with Crippen molar-refractivity contribution in [1.82, 2.24) is 4.90 Å². The fourth-order valence-corrected chi connectivity index (χ4v) is 5.22. The standard InChI is InChI=1S/C22H26N2O4S/c1-14-7-8-15(13-17(14)27-2)20(25)23-21-19(16-5-3-4-6-18(16)29-21)22(26)24-9-11-28-12-10-24/h7-8,13H,3-6,9-12H2,1-2H3,(H,23,25). The number of fused-ring (bicyclic) bond motifs is 1. The van der Waals surface area contributed by atoms with Crippen molar-refractivity contribution >= 4 is 28.2 Å². The van der Waals surface area contributed by atoms with Gasteiger partial charge < -0.3 is 19.7 Å². The Kier molecular flexibility index (Phi) is 5.87. The Balaban J connectivity index is 1.65. The molecule has 7 heteroatoms. The Morgan fingerprint density at radius 1 is 1.17 bits per heavy atom. The lowest BCUT2D eigenvalue weighted by Gasteiger charge is -2.27. The number of methoxy groups -OCH3 is 1. The molecule has 2 aliphatic rings. The lowest BCUT2D eigenvalue weighted by molar-refractivity contribution is 0.0303. The third kappa shape index (κ3) is 4.02. The van der Waals surface area contributed by atoms with Crippen molar-refractivity contribution in [2.45, 2.75) is 32.6 Å². The van der Waals surface area contributed by atoms with Crippen LogP contribution in [0.25, 0.3) is 0 Å². The molecule has 4 rings (SSSR count). The minimum absolute atomic E-state index is 0.00415. The van der Waals surface area contributed by atoms with E-state index in [1.807, 2.05) is 17.9 Å². The van der Waals surface area contributed by atoms with Crippen LogP contribution in [0.15, 0.2) is 18.2 Å². The lowest BCUT2D eigenvalue weighted by Crippen LogP contribution is -2.41. The Bertz CT molecular complexity index is 931. The molecule has 0 saturated carbocycles. The maximum Gasteiger partial charge on any atom is 0.257 e. The zero-order valence-electron chi connectivity index (χ0n) is 16.9. The van der Waals surface area contributed by atoms with E-state index in [1.165, 1.54) is 4.88 Å². The quantitative estimate of drug-likeness (QED) is 0.829. The molecule has 154 valence electrons. The fourth-order valence-electron chi connectivity index (χ4n) is 3.94. The molecule has 0 atom stereocenters. The maximum absolute atomic E-state index is 13.3. The van der Waals surface area contributed by atoms with E-state index in [1.54, 1.807) is 30.6 Å². The van der Waals surface area contributed by atoms with Crippen LogP contribution in [0.4, 0.5) is 5.00 Å². The number of carbonyl (C=O) groups excluding carboxylic acids is 2. The van der Waals surface area contributed by atoms with Gasteiger partial charge in [0, 0.05) is 23.5 Å². The molecule has 1 N–H and O–H groups in total. The molecule has 0 radical (unpaired) electrons. The molecule has 1 aromatic carbocycles. The third-order valence-corrected chi connectivity index (χ3v) is 6.79. The molecule has 6 nitrogen and oxygen atoms in total. The molecule has 1 fully saturated rings. The van der Waals surface area contributed by atoms with E-state index >= 15 is 0 Å². The summed E-state index contributed by atoms with van der Waals surface area (Å²) in [4.78, 5) is 29.3. The number of carbonyl (C=O) groups is 2. The van der Waals surface area contributed by atoms with Crippen LogP contribution in [0, 0.1) is 6.92 Å². The van der Waals surface area contributed by atoms with Crippen molar-refractivity contribution in [2.75, 3.05) is 38.7 Å². The van der Waals surface area contributed by atoms with E-state index in [0.29, 0.717) is 48.2 Å². The summed E-state index contributed by atoms with van der Waals surface area (Å²) in [5, 5.41) is 3.68. The minimum Gasteiger partial charge on any atom is -0.496 e. The monoisotopic (exact) mass is 414 g/mol. The lowest BCUT2D eigenvalue weighted by atomic mass is 9.95. The summed E-state index contributed by atoms with van der Waals surface area (Å²) in [5.41, 5.74) is 3.29. The highest BCUT2D eigenvalue weighted by Gasteiger charge is 2.30. The first-order valence-electron chi connectivity index (χ1n) is 10.1. The number of anilines is 1. The van der Waals surface area contributed by atoms with Gasteiger partial charge in [-0.1, -0.05) is 6.07 Å². The largest absolute Gasteiger partial charge is 0.496 e. The van der Waals surface area contributed by atoms with Crippen LogP contribution in [0.2, 0.25) is 0 Å². The van der Waals surface area contributed by atoms with Gasteiger partial charge in [0.2, 0.25) is 0 Å². The summed E-state index contributed by atoms with van der Waals surface area (Å²) in [7, 11) is 1.59. The van der Waals surface area contributed by atoms with E-state index in [2.05, 4.69) is 5.32 Å². The van der Waals surface area contributed by atoms with E-state index < -0.39 is 0 Å². The predicted molar refractivity (Wildman–Crippen MR) is 113 cm³/mol. The Morgan fingerprint density at radius 3 is 2.69 bits per heavy atom. The molecule has 0 bridgehead atoms. The number of thiophene rings is 1. The molecular weight excluding hydrogens is 388 g/mol. The van der Waals surface area contributed by atoms with Gasteiger partial charge in [0.25, 0.3) is 11.8 Å². The summed E-state index contributed by atoms with van der Waals surface area (Å²) >= 11 is 1.55. The highest BCUT2D eigenvalue weighted by Crippen LogP contribution is 2.39. The predicted octanol–water partition coefficient (Wildman–Crippen LogP) is 3.67. The number of ether oxygens (including phenoxy) is 2. The molecule has 0 spiro atoms. The van der Waals surface area contributed by atoms with Gasteiger partial charge in [-0.3, -0.25) is 9.59 Å². The van der Waals surface area contributed by atoms with Gasteiger partial charge in [0.1, 0.15) is 10.8 Å². The first kappa shape index (κ1) is 19.9. The van der Waals surface area contributed by atoms with Gasteiger partial charge in [-0.2, -0.15) is 0 Å². The van der Waals surface area contributed by atoms with Crippen molar-refractivity contribution < 1.29 is 19.1 Å². The second-order valence-electron chi connectivity index (χ2n) is 7.46. The third-order valence-electron chi connectivity index (χ3n) is 5.58. The second kappa shape index (κ2) is 8.55. The number of benzene rings is 1. The van der Waals surface area contributed by atoms with E-state index in [9.17, 15) is 9.59 Å². The molecule has 0 unspecified atom stereocenters. The van der Waals surface area contributed by atoms with Crippen molar-refractivity contribution in [1.29, 1.82) is 0 Å². The highest BCUT2D eigenvalue weighted by molar-refractivity contribution is 7.17. The number of amides is 2. The summed E-state index contributed by atoms with van der Waals surface area (Å²) < 4.78 is 10.7. The maximum atomic E-state index is 13.3. The second-order valence-corrected chi connectivity index (χ2v) is 8.56. The number of hydrogen-bond donors (Lipinski definition) is 1. The Labute approximate surface area is 174 Å². The van der Waals surface area contributed by atoms with E-state index in [0.717, 1.165) is 36.8 Å². The number of nitrogens with one attached hydrogen (secondary N) is 1. The van der Waals surface area contributed by atoms with Crippen LogP contribution < -0.4 is 10.1 Å². The number of hydrogen-bond acceptors (Lipinski definition) is 5. The van der Waals surface area contributed by atoms with Crippen molar-refractivity contribution in [3.05, 3.63) is 45.3 Å². The number of morpholine rings is 1. The molecule has 1 aromatic heterocycles. The molecule has 2 aromatic rings. The zero-order chi connectivity index (χ0) is 20.4. The normalized spacial score (nSPS) is 16.3. The topological polar surface area (TPSA) is 67.9 Å². The summed E-state index contributed by atoms with van der Waals surface area (Å²) in [5.74, 6) is 0.454. The van der Waals surface area contributed by atoms with Gasteiger partial charge in [0.05, 0.1) is 25.9 Å². The molecule has 2 amide bonds. The minimum atomic E-state index is -0.224. The SMILES string of the molecule is COc1cc(C(=O)Nc2sc3c(c2C(=O)N2CCOCC2)CCCC3)ccc1C. The summed E-state index contributed by atoms with van der Waals surface area (Å²) in [6.45, 7) is 4.23. The highest BCUT2D eigenvalue weighted by atomic mass is 32.1. The molecule has 2 heterocycles. The van der Waals surface area contributed by atoms with Gasteiger partial charge >= 0.3 is 0 Å². The fraction of sp³-hybridized carbons (Fsp3) is 0.455. The Morgan fingerprint density at radius 2 is 1.93 bits per heavy atom. The van der Waals surface area contributed by atoms with Gasteiger partial charge in [-0.15, -0.1) is 11.3 Å². The average molecular weight is 415 g/mol. The van der Waals surface area contributed by atoms with Crippen molar-refractivity contribution in [3.8, 4) is 5.75 Å². The number of aryl methyl sites for hydroxylation is 2. The van der Waals surface area contributed by atoms with Crippen molar-refractivity contribution in [2.24, 2.45) is 0 Å². The van der Waals surface area contributed by atoms with Crippen molar-refractivity contribution in [3.63, 3.8) is 0 Å². The number of nitrogens with zero attached hydrogens (tertiary/aromatic N) is 1. The molecule has 1 aliphatic carbocycles. The summed E-state index contributed by atoms with van der Waals surface area (Å²) in [6.07, 6.45) is 4.07. The van der Waals surface area contributed by atoms with Crippen LogP contribution >= 0.6 is 11.3 Å². The summed E-state index contributed by atoms with van der Waals surface area (Å²) in [6, 6.07) is 5.39.